The minimum atomic E-state index is 0.0908. The van der Waals surface area contributed by atoms with E-state index < -0.39 is 0 Å². The van der Waals surface area contributed by atoms with Crippen molar-refractivity contribution in [2.24, 2.45) is 0 Å². The number of piperazine rings is 1. The molecule has 2 saturated heterocycles. The molecule has 0 bridgehead atoms. The first-order chi connectivity index (χ1) is 7.33. The number of carbonyl (C=O) groups is 1. The van der Waals surface area contributed by atoms with Crippen LogP contribution in [0.4, 0.5) is 0 Å². The predicted octanol–water partition coefficient (Wildman–Crippen LogP) is -0.187. The van der Waals surface area contributed by atoms with Gasteiger partial charge in [-0.2, -0.15) is 0 Å². The van der Waals surface area contributed by atoms with Gasteiger partial charge in [-0.25, -0.2) is 0 Å². The third kappa shape index (κ3) is 2.46. The van der Waals surface area contributed by atoms with Crippen molar-refractivity contribution < 1.29 is 4.79 Å². The summed E-state index contributed by atoms with van der Waals surface area (Å²) in [5.74, 6) is 1.41. The number of amides is 1. The Morgan fingerprint density at radius 3 is 2.80 bits per heavy atom. The maximum Gasteiger partial charge on any atom is 0.250 e. The van der Waals surface area contributed by atoms with Crippen molar-refractivity contribution in [2.45, 2.75) is 12.3 Å². The number of likely N-dealkylation sites (N-methyl/N-ethyl adjacent to an activating group) is 1. The molecule has 86 valence electrons. The van der Waals surface area contributed by atoms with Crippen LogP contribution in [-0.4, -0.2) is 66.1 Å². The Balaban J connectivity index is 1.93. The lowest BCUT2D eigenvalue weighted by atomic mass is 10.3. The third-order valence-electron chi connectivity index (χ3n) is 3.03. The molecule has 2 aliphatic heterocycles. The van der Waals surface area contributed by atoms with Crippen LogP contribution < -0.4 is 5.32 Å². The molecule has 4 nitrogen and oxygen atoms in total. The zero-order chi connectivity index (χ0) is 10.7. The normalized spacial score (nSPS) is 28.3. The highest BCUT2D eigenvalue weighted by Crippen LogP contribution is 2.25. The van der Waals surface area contributed by atoms with Gasteiger partial charge in [-0.05, 0) is 6.54 Å². The van der Waals surface area contributed by atoms with Crippen LogP contribution in [0.2, 0.25) is 0 Å². The topological polar surface area (TPSA) is 35.6 Å². The molecule has 0 aromatic carbocycles. The quantitative estimate of drug-likeness (QED) is 0.712. The fourth-order valence-electron chi connectivity index (χ4n) is 2.10. The van der Waals surface area contributed by atoms with Gasteiger partial charge in [0.1, 0.15) is 5.37 Å². The number of carbonyl (C=O) groups excluding carboxylic acids is 1. The van der Waals surface area contributed by atoms with Gasteiger partial charge in [-0.1, -0.05) is 6.92 Å². The molecule has 1 unspecified atom stereocenters. The summed E-state index contributed by atoms with van der Waals surface area (Å²) in [5.41, 5.74) is 0. The molecule has 0 radical (unpaired) electrons. The van der Waals surface area contributed by atoms with Crippen LogP contribution in [0.1, 0.15) is 6.92 Å². The minimum Gasteiger partial charge on any atom is -0.338 e. The summed E-state index contributed by atoms with van der Waals surface area (Å²) in [4.78, 5) is 16.5. The molecule has 5 heteroatoms. The average molecular weight is 229 g/mol. The zero-order valence-electron chi connectivity index (χ0n) is 9.24. The number of nitrogens with one attached hydrogen (secondary N) is 1. The van der Waals surface area contributed by atoms with Crippen molar-refractivity contribution in [3.63, 3.8) is 0 Å². The Morgan fingerprint density at radius 2 is 2.13 bits per heavy atom. The third-order valence-corrected chi connectivity index (χ3v) is 4.27. The van der Waals surface area contributed by atoms with Gasteiger partial charge in [-0.3, -0.25) is 9.69 Å². The van der Waals surface area contributed by atoms with E-state index in [1.54, 1.807) is 11.8 Å². The highest BCUT2D eigenvalue weighted by atomic mass is 32.2. The van der Waals surface area contributed by atoms with Gasteiger partial charge in [0, 0.05) is 38.5 Å². The average Bonchev–Trinajstić information content (AvgIpc) is 2.77. The predicted molar refractivity (Wildman–Crippen MR) is 62.9 cm³/mol. The smallest absolute Gasteiger partial charge is 0.250 e. The van der Waals surface area contributed by atoms with E-state index in [0.717, 1.165) is 45.0 Å². The summed E-state index contributed by atoms with van der Waals surface area (Å²) in [6, 6.07) is 0. The van der Waals surface area contributed by atoms with Crippen LogP contribution in [0.3, 0.4) is 0 Å². The second-order valence-electron chi connectivity index (χ2n) is 3.93. The Kier molecular flexibility index (Phi) is 3.88. The van der Waals surface area contributed by atoms with E-state index in [1.165, 1.54) is 0 Å². The summed E-state index contributed by atoms with van der Waals surface area (Å²) >= 11 is 1.79. The maximum absolute atomic E-state index is 12.2. The lowest BCUT2D eigenvalue weighted by Gasteiger charge is -2.32. The summed E-state index contributed by atoms with van der Waals surface area (Å²) in [6.45, 7) is 7.79. The second-order valence-corrected chi connectivity index (χ2v) is 5.12. The summed E-state index contributed by atoms with van der Waals surface area (Å²) < 4.78 is 0. The lowest BCUT2D eigenvalue weighted by molar-refractivity contribution is -0.133. The number of hydrogen-bond acceptors (Lipinski definition) is 4. The molecule has 0 aromatic heterocycles. The van der Waals surface area contributed by atoms with E-state index in [1.807, 2.05) is 4.90 Å². The summed E-state index contributed by atoms with van der Waals surface area (Å²) in [5, 5.41) is 3.36. The Morgan fingerprint density at radius 1 is 1.40 bits per heavy atom. The molecule has 1 amide bonds. The van der Waals surface area contributed by atoms with Gasteiger partial charge < -0.3 is 10.2 Å². The van der Waals surface area contributed by atoms with Crippen LogP contribution in [0.15, 0.2) is 0 Å². The molecule has 15 heavy (non-hydrogen) atoms. The van der Waals surface area contributed by atoms with Crippen molar-refractivity contribution in [1.29, 1.82) is 0 Å². The van der Waals surface area contributed by atoms with Crippen LogP contribution in [-0.2, 0) is 4.79 Å². The second kappa shape index (κ2) is 5.18. The van der Waals surface area contributed by atoms with E-state index in [2.05, 4.69) is 17.1 Å². The fraction of sp³-hybridized carbons (Fsp3) is 0.900. The Labute approximate surface area is 95.4 Å². The van der Waals surface area contributed by atoms with Crippen molar-refractivity contribution in [3.8, 4) is 0 Å². The van der Waals surface area contributed by atoms with Gasteiger partial charge in [0.2, 0.25) is 5.91 Å². The molecule has 2 fully saturated rings. The zero-order valence-corrected chi connectivity index (χ0v) is 10.1. The molecule has 0 aliphatic carbocycles. The molecular formula is C10H19N3OS. The Bertz CT molecular complexity index is 231. The molecular weight excluding hydrogens is 210 g/mol. The largest absolute Gasteiger partial charge is 0.338 e. The minimum absolute atomic E-state index is 0.0908. The lowest BCUT2D eigenvalue weighted by Crippen LogP contribution is -2.51. The number of thioether (sulfide) groups is 1. The molecule has 2 heterocycles. The van der Waals surface area contributed by atoms with E-state index in [-0.39, 0.29) is 5.37 Å². The molecule has 1 N–H and O–H groups in total. The van der Waals surface area contributed by atoms with Gasteiger partial charge in [-0.15, -0.1) is 11.8 Å². The van der Waals surface area contributed by atoms with Crippen molar-refractivity contribution in [1.82, 2.24) is 15.1 Å². The molecule has 0 aromatic rings. The number of nitrogens with zero attached hydrogens (tertiary/aromatic N) is 2. The molecule has 2 rings (SSSR count). The molecule has 0 spiro atoms. The van der Waals surface area contributed by atoms with Gasteiger partial charge in [0.15, 0.2) is 0 Å². The first-order valence-electron chi connectivity index (χ1n) is 5.68. The van der Waals surface area contributed by atoms with E-state index in [4.69, 9.17) is 0 Å². The van der Waals surface area contributed by atoms with E-state index in [0.29, 0.717) is 5.91 Å². The van der Waals surface area contributed by atoms with Crippen LogP contribution >= 0.6 is 11.8 Å². The standard InChI is InChI=1S/C10H19N3OS/c1-2-12-7-8-15-10(12)9(14)13-5-3-11-4-6-13/h10-11H,2-8H2,1H3. The van der Waals surface area contributed by atoms with Crippen molar-refractivity contribution >= 4 is 17.7 Å². The summed E-state index contributed by atoms with van der Waals surface area (Å²) in [7, 11) is 0. The number of hydrogen-bond donors (Lipinski definition) is 1. The van der Waals surface area contributed by atoms with Crippen LogP contribution in [0.25, 0.3) is 0 Å². The van der Waals surface area contributed by atoms with Crippen molar-refractivity contribution in [3.05, 3.63) is 0 Å². The Hall–Kier alpha value is -0.260. The van der Waals surface area contributed by atoms with Gasteiger partial charge >= 0.3 is 0 Å². The number of rotatable bonds is 2. The molecule has 2 aliphatic rings. The molecule has 1 atom stereocenters. The summed E-state index contributed by atoms with van der Waals surface area (Å²) in [6.07, 6.45) is 0. The van der Waals surface area contributed by atoms with Gasteiger partial charge in [0.25, 0.3) is 0 Å². The van der Waals surface area contributed by atoms with E-state index >= 15 is 0 Å². The highest BCUT2D eigenvalue weighted by Gasteiger charge is 2.33. The van der Waals surface area contributed by atoms with Crippen LogP contribution in [0.5, 0.6) is 0 Å². The highest BCUT2D eigenvalue weighted by molar-refractivity contribution is 8.00. The first kappa shape index (κ1) is 11.2. The van der Waals surface area contributed by atoms with Crippen molar-refractivity contribution in [2.75, 3.05) is 45.0 Å². The molecule has 0 saturated carbocycles. The SMILES string of the molecule is CCN1CCSC1C(=O)N1CCNCC1. The van der Waals surface area contributed by atoms with Gasteiger partial charge in [0.05, 0.1) is 0 Å². The maximum atomic E-state index is 12.2. The van der Waals surface area contributed by atoms with Crippen LogP contribution in [0, 0.1) is 0 Å². The monoisotopic (exact) mass is 229 g/mol. The van der Waals surface area contributed by atoms with E-state index in [9.17, 15) is 4.79 Å². The first-order valence-corrected chi connectivity index (χ1v) is 6.73. The fourth-order valence-corrected chi connectivity index (χ4v) is 3.42.